The van der Waals surface area contributed by atoms with Gasteiger partial charge in [0.2, 0.25) is 0 Å². The van der Waals surface area contributed by atoms with Crippen LogP contribution in [0.5, 0.6) is 5.75 Å². The highest BCUT2D eigenvalue weighted by Crippen LogP contribution is 2.20. The van der Waals surface area contributed by atoms with Gasteiger partial charge in [0.15, 0.2) is 0 Å². The van der Waals surface area contributed by atoms with E-state index >= 15 is 0 Å². The number of rotatable bonds is 4. The zero-order chi connectivity index (χ0) is 13.1. The van der Waals surface area contributed by atoms with Gasteiger partial charge in [-0.3, -0.25) is 4.68 Å². The molecule has 2 aromatic rings. The molecule has 1 heterocycles. The van der Waals surface area contributed by atoms with Crippen LogP contribution >= 0.6 is 12.2 Å². The van der Waals surface area contributed by atoms with Crippen LogP contribution in [-0.2, 0) is 13.7 Å². The van der Waals surface area contributed by atoms with Crippen molar-refractivity contribution in [3.8, 4) is 5.75 Å². The molecule has 0 amide bonds. The summed E-state index contributed by atoms with van der Waals surface area (Å²) in [6.45, 7) is 2.47. The van der Waals surface area contributed by atoms with Crippen LogP contribution < -0.4 is 10.5 Å². The van der Waals surface area contributed by atoms with E-state index in [4.69, 9.17) is 22.7 Å². The average Bonchev–Trinajstić information content (AvgIpc) is 2.74. The lowest BCUT2D eigenvalue weighted by Crippen LogP contribution is -2.09. The minimum absolute atomic E-state index is 0.376. The van der Waals surface area contributed by atoms with Gasteiger partial charge in [0.05, 0.1) is 6.20 Å². The lowest BCUT2D eigenvalue weighted by atomic mass is 10.1. The summed E-state index contributed by atoms with van der Waals surface area (Å²) in [5, 5.41) is 4.09. The molecule has 0 saturated heterocycles. The van der Waals surface area contributed by atoms with Crippen LogP contribution in [0.15, 0.2) is 30.6 Å². The molecule has 2 rings (SSSR count). The quantitative estimate of drug-likeness (QED) is 0.855. The Bertz CT molecular complexity index is 577. The molecule has 0 unspecified atom stereocenters. The molecule has 5 heteroatoms. The predicted molar refractivity (Wildman–Crippen MR) is 74.6 cm³/mol. The van der Waals surface area contributed by atoms with Crippen LogP contribution in [0.1, 0.15) is 16.7 Å². The van der Waals surface area contributed by atoms with Gasteiger partial charge in [0, 0.05) is 24.4 Å². The van der Waals surface area contributed by atoms with Crippen LogP contribution in [0.4, 0.5) is 0 Å². The highest BCUT2D eigenvalue weighted by Gasteiger charge is 2.04. The van der Waals surface area contributed by atoms with E-state index < -0.39 is 0 Å². The van der Waals surface area contributed by atoms with Gasteiger partial charge < -0.3 is 10.5 Å². The number of hydrogen-bond acceptors (Lipinski definition) is 3. The van der Waals surface area contributed by atoms with Crippen molar-refractivity contribution >= 4 is 17.2 Å². The summed E-state index contributed by atoms with van der Waals surface area (Å²) in [7, 11) is 1.88. The Hall–Kier alpha value is -1.88. The van der Waals surface area contributed by atoms with Gasteiger partial charge in [-0.05, 0) is 18.6 Å². The van der Waals surface area contributed by atoms with E-state index in [0.29, 0.717) is 11.6 Å². The molecule has 0 spiro atoms. The summed E-state index contributed by atoms with van der Waals surface area (Å²) >= 11 is 4.95. The Morgan fingerprint density at radius 1 is 1.50 bits per heavy atom. The minimum Gasteiger partial charge on any atom is -0.488 e. The van der Waals surface area contributed by atoms with Crippen LogP contribution in [0, 0.1) is 6.92 Å². The van der Waals surface area contributed by atoms with Gasteiger partial charge in [-0.2, -0.15) is 5.10 Å². The summed E-state index contributed by atoms with van der Waals surface area (Å²) in [4.78, 5) is 0.376. The molecule has 4 nitrogen and oxygen atoms in total. The first-order valence-corrected chi connectivity index (χ1v) is 5.98. The molecular weight excluding hydrogens is 246 g/mol. The lowest BCUT2D eigenvalue weighted by molar-refractivity contribution is 0.304. The number of ether oxygens (including phenoxy) is 1. The third-order valence-electron chi connectivity index (χ3n) is 2.63. The summed E-state index contributed by atoms with van der Waals surface area (Å²) in [5.74, 6) is 0.796. The number of nitrogens with zero attached hydrogens (tertiary/aromatic N) is 2. The summed E-state index contributed by atoms with van der Waals surface area (Å²) in [5.41, 5.74) is 8.50. The van der Waals surface area contributed by atoms with Crippen LogP contribution in [0.25, 0.3) is 0 Å². The van der Waals surface area contributed by atoms with Gasteiger partial charge in [-0.1, -0.05) is 24.4 Å². The Morgan fingerprint density at radius 3 is 2.89 bits per heavy atom. The molecule has 0 atom stereocenters. The third-order valence-corrected chi connectivity index (χ3v) is 2.86. The minimum atomic E-state index is 0.376. The molecule has 0 fully saturated rings. The molecule has 0 bridgehead atoms. The van der Waals surface area contributed by atoms with E-state index in [1.165, 1.54) is 0 Å². The van der Waals surface area contributed by atoms with Crippen LogP contribution in [0.2, 0.25) is 0 Å². The SMILES string of the molecule is Cc1ccc(C(N)=S)cc1OCc1cnn(C)c1. The molecule has 1 aromatic heterocycles. The first-order chi connectivity index (χ1) is 8.56. The second-order valence-electron chi connectivity index (χ2n) is 4.16. The first kappa shape index (κ1) is 12.6. The number of aryl methyl sites for hydroxylation is 2. The average molecular weight is 261 g/mol. The number of aromatic nitrogens is 2. The monoisotopic (exact) mass is 261 g/mol. The Balaban J connectivity index is 2.13. The van der Waals surface area contributed by atoms with E-state index in [9.17, 15) is 0 Å². The normalized spacial score (nSPS) is 10.3. The Kier molecular flexibility index (Phi) is 3.62. The maximum Gasteiger partial charge on any atom is 0.123 e. The third kappa shape index (κ3) is 2.87. The fraction of sp³-hybridized carbons (Fsp3) is 0.231. The van der Waals surface area contributed by atoms with Gasteiger partial charge in [-0.25, -0.2) is 0 Å². The van der Waals surface area contributed by atoms with Crippen molar-refractivity contribution in [2.75, 3.05) is 0 Å². The maximum absolute atomic E-state index is 5.76. The molecule has 0 radical (unpaired) electrons. The van der Waals surface area contributed by atoms with Gasteiger partial charge in [0.1, 0.15) is 17.3 Å². The number of nitrogens with two attached hydrogens (primary N) is 1. The molecule has 0 aliphatic heterocycles. The van der Waals surface area contributed by atoms with E-state index in [0.717, 1.165) is 22.4 Å². The van der Waals surface area contributed by atoms with Crippen molar-refractivity contribution in [2.24, 2.45) is 12.8 Å². The molecule has 94 valence electrons. The molecule has 0 saturated carbocycles. The van der Waals surface area contributed by atoms with Crippen molar-refractivity contribution < 1.29 is 4.74 Å². The predicted octanol–water partition coefficient (Wildman–Crippen LogP) is 1.94. The van der Waals surface area contributed by atoms with E-state index in [1.807, 2.05) is 38.4 Å². The van der Waals surface area contributed by atoms with Gasteiger partial charge >= 0.3 is 0 Å². The lowest BCUT2D eigenvalue weighted by Gasteiger charge is -2.09. The summed E-state index contributed by atoms with van der Waals surface area (Å²) in [6, 6.07) is 5.72. The van der Waals surface area contributed by atoms with Gasteiger partial charge in [-0.15, -0.1) is 0 Å². The summed E-state index contributed by atoms with van der Waals surface area (Å²) in [6.07, 6.45) is 3.71. The van der Waals surface area contributed by atoms with Crippen LogP contribution in [-0.4, -0.2) is 14.8 Å². The maximum atomic E-state index is 5.76. The van der Waals surface area contributed by atoms with E-state index in [-0.39, 0.29) is 0 Å². The zero-order valence-electron chi connectivity index (χ0n) is 10.4. The van der Waals surface area contributed by atoms with Gasteiger partial charge in [0.25, 0.3) is 0 Å². The number of benzene rings is 1. The second-order valence-corrected chi connectivity index (χ2v) is 4.60. The fourth-order valence-corrected chi connectivity index (χ4v) is 1.74. The number of thiocarbonyl (C=S) groups is 1. The highest BCUT2D eigenvalue weighted by molar-refractivity contribution is 7.80. The molecule has 0 aliphatic carbocycles. The van der Waals surface area contributed by atoms with Crippen LogP contribution in [0.3, 0.4) is 0 Å². The largest absolute Gasteiger partial charge is 0.488 e. The second kappa shape index (κ2) is 5.18. The van der Waals surface area contributed by atoms with Crippen molar-refractivity contribution in [2.45, 2.75) is 13.5 Å². The zero-order valence-corrected chi connectivity index (χ0v) is 11.2. The first-order valence-electron chi connectivity index (χ1n) is 5.57. The highest BCUT2D eigenvalue weighted by atomic mass is 32.1. The smallest absolute Gasteiger partial charge is 0.123 e. The van der Waals surface area contributed by atoms with Crippen molar-refractivity contribution in [1.29, 1.82) is 0 Å². The molecule has 2 N–H and O–H groups in total. The van der Waals surface area contributed by atoms with Crippen molar-refractivity contribution in [3.63, 3.8) is 0 Å². The topological polar surface area (TPSA) is 53.1 Å². The Labute approximate surface area is 111 Å². The van der Waals surface area contributed by atoms with E-state index in [1.54, 1.807) is 10.9 Å². The fourth-order valence-electron chi connectivity index (χ4n) is 1.62. The van der Waals surface area contributed by atoms with Crippen molar-refractivity contribution in [1.82, 2.24) is 9.78 Å². The molecule has 0 aliphatic rings. The summed E-state index contributed by atoms with van der Waals surface area (Å²) < 4.78 is 7.51. The van der Waals surface area contributed by atoms with Crippen molar-refractivity contribution in [3.05, 3.63) is 47.3 Å². The van der Waals surface area contributed by atoms with E-state index in [2.05, 4.69) is 5.10 Å². The molecule has 18 heavy (non-hydrogen) atoms. The standard InChI is InChI=1S/C13H15N3OS/c1-9-3-4-11(13(14)18)5-12(9)17-8-10-6-15-16(2)7-10/h3-7H,8H2,1-2H3,(H2,14,18). The molecular formula is C13H15N3OS. The number of hydrogen-bond donors (Lipinski definition) is 1. The molecule has 1 aromatic carbocycles. The Morgan fingerprint density at radius 2 is 2.28 bits per heavy atom.